The van der Waals surface area contributed by atoms with Gasteiger partial charge in [-0.15, -0.1) is 0 Å². The van der Waals surface area contributed by atoms with Gasteiger partial charge in [0, 0.05) is 17.5 Å². The van der Waals surface area contributed by atoms with Gasteiger partial charge in [0.15, 0.2) is 5.83 Å². The lowest BCUT2D eigenvalue weighted by Gasteiger charge is -2.07. The first-order valence-electron chi connectivity index (χ1n) is 7.87. The molecule has 2 aromatic rings. The molecule has 2 aromatic carbocycles. The van der Waals surface area contributed by atoms with Crippen molar-refractivity contribution in [2.24, 2.45) is 0 Å². The van der Waals surface area contributed by atoms with Gasteiger partial charge >= 0.3 is 0 Å². The molecule has 0 aliphatic carbocycles. The maximum Gasteiger partial charge on any atom is 0.161 e. The molecule has 0 amide bonds. The van der Waals surface area contributed by atoms with Crippen molar-refractivity contribution < 1.29 is 13.2 Å². The van der Waals surface area contributed by atoms with Crippen LogP contribution in [0.2, 0.25) is 0 Å². The lowest BCUT2D eigenvalue weighted by Crippen LogP contribution is -1.98. The van der Waals surface area contributed by atoms with E-state index in [1.165, 1.54) is 24.3 Å². The summed E-state index contributed by atoms with van der Waals surface area (Å²) in [6.07, 6.45) is 1.51. The van der Waals surface area contributed by atoms with Gasteiger partial charge in [-0.1, -0.05) is 37.3 Å². The molecule has 0 atom stereocenters. The summed E-state index contributed by atoms with van der Waals surface area (Å²) < 4.78 is 41.2. The molecule has 0 aliphatic rings. The van der Waals surface area contributed by atoms with Crippen LogP contribution in [0.15, 0.2) is 48.3 Å². The standard InChI is InChI=1S/C20H18F3N/c1-2-4-19(22)20(23)15-10-7-14(8-11-15)9-12-17-16(13-24)5-3-6-18(17)21/h3,5-8,10-11H,2,4,9,12H2,1H3. The van der Waals surface area contributed by atoms with Gasteiger partial charge in [-0.25, -0.2) is 13.2 Å². The van der Waals surface area contributed by atoms with Gasteiger partial charge in [-0.2, -0.15) is 5.26 Å². The molecule has 0 saturated carbocycles. The average molecular weight is 329 g/mol. The number of rotatable bonds is 6. The van der Waals surface area contributed by atoms with Crippen molar-refractivity contribution in [1.82, 2.24) is 0 Å². The third kappa shape index (κ3) is 4.26. The van der Waals surface area contributed by atoms with Gasteiger partial charge in [-0.05, 0) is 37.0 Å². The number of allylic oxidation sites excluding steroid dienone is 1. The Hall–Kier alpha value is -2.54. The van der Waals surface area contributed by atoms with Crippen LogP contribution >= 0.6 is 0 Å². The van der Waals surface area contributed by atoms with Crippen LogP contribution < -0.4 is 0 Å². The van der Waals surface area contributed by atoms with Crippen LogP contribution in [0, 0.1) is 17.1 Å². The molecule has 0 radical (unpaired) electrons. The molecule has 0 spiro atoms. The molecule has 1 nitrogen and oxygen atoms in total. The Kier molecular flexibility index (Phi) is 6.20. The molecule has 0 fully saturated rings. The van der Waals surface area contributed by atoms with Gasteiger partial charge < -0.3 is 0 Å². The van der Waals surface area contributed by atoms with Crippen molar-refractivity contribution >= 4 is 5.83 Å². The van der Waals surface area contributed by atoms with Gasteiger partial charge in [0.05, 0.1) is 11.6 Å². The molecule has 0 N–H and O–H groups in total. The molecule has 0 aliphatic heterocycles. The largest absolute Gasteiger partial charge is 0.209 e. The van der Waals surface area contributed by atoms with Gasteiger partial charge in [-0.3, -0.25) is 0 Å². The highest BCUT2D eigenvalue weighted by molar-refractivity contribution is 5.61. The van der Waals surface area contributed by atoms with Crippen LogP contribution in [0.25, 0.3) is 5.83 Å². The van der Waals surface area contributed by atoms with Crippen LogP contribution in [0.1, 0.15) is 42.0 Å². The van der Waals surface area contributed by atoms with Crippen molar-refractivity contribution in [3.05, 3.63) is 76.4 Å². The fourth-order valence-electron chi connectivity index (χ4n) is 2.49. The van der Waals surface area contributed by atoms with Crippen molar-refractivity contribution in [3.63, 3.8) is 0 Å². The zero-order valence-corrected chi connectivity index (χ0v) is 13.5. The van der Waals surface area contributed by atoms with E-state index in [1.807, 2.05) is 6.07 Å². The first-order valence-corrected chi connectivity index (χ1v) is 7.87. The van der Waals surface area contributed by atoms with Crippen molar-refractivity contribution in [1.29, 1.82) is 5.26 Å². The Bertz CT molecular complexity index is 770. The summed E-state index contributed by atoms with van der Waals surface area (Å²) in [5, 5.41) is 9.03. The molecule has 0 unspecified atom stereocenters. The maximum atomic E-state index is 13.9. The summed E-state index contributed by atoms with van der Waals surface area (Å²) >= 11 is 0. The molecule has 4 heteroatoms. The summed E-state index contributed by atoms with van der Waals surface area (Å²) in [6, 6.07) is 12.8. The van der Waals surface area contributed by atoms with E-state index in [0.29, 0.717) is 30.4 Å². The van der Waals surface area contributed by atoms with Gasteiger partial charge in [0.1, 0.15) is 11.6 Å². The molecular weight excluding hydrogens is 311 g/mol. The van der Waals surface area contributed by atoms with Gasteiger partial charge in [0.25, 0.3) is 0 Å². The Morgan fingerprint density at radius 2 is 1.75 bits per heavy atom. The van der Waals surface area contributed by atoms with E-state index >= 15 is 0 Å². The minimum atomic E-state index is -0.829. The summed E-state index contributed by atoms with van der Waals surface area (Å²) in [7, 11) is 0. The van der Waals surface area contributed by atoms with E-state index in [2.05, 4.69) is 0 Å². The number of nitrogens with zero attached hydrogens (tertiary/aromatic N) is 1. The third-order valence-electron chi connectivity index (χ3n) is 3.82. The SMILES string of the molecule is CCCC(F)=C(F)c1ccc(CCc2c(F)cccc2C#N)cc1. The molecular formula is C20H18F3N. The fraction of sp³-hybridized carbons (Fsp3) is 0.250. The smallest absolute Gasteiger partial charge is 0.161 e. The normalized spacial score (nSPS) is 11.8. The van der Waals surface area contributed by atoms with Crippen molar-refractivity contribution in [2.45, 2.75) is 32.6 Å². The first kappa shape index (κ1) is 17.8. The quantitative estimate of drug-likeness (QED) is 0.648. The number of nitriles is 1. The summed E-state index contributed by atoms with van der Waals surface area (Å²) in [5.74, 6) is -1.97. The minimum absolute atomic E-state index is 0.0812. The van der Waals surface area contributed by atoms with Crippen molar-refractivity contribution in [3.8, 4) is 6.07 Å². The second kappa shape index (κ2) is 8.35. The highest BCUT2D eigenvalue weighted by atomic mass is 19.2. The van der Waals surface area contributed by atoms with Gasteiger partial charge in [0.2, 0.25) is 0 Å². The maximum absolute atomic E-state index is 13.9. The van der Waals surface area contributed by atoms with Crippen LogP contribution in [0.5, 0.6) is 0 Å². The number of hydrogen-bond donors (Lipinski definition) is 0. The summed E-state index contributed by atoms with van der Waals surface area (Å²) in [6.45, 7) is 1.79. The molecule has 0 bridgehead atoms. The topological polar surface area (TPSA) is 23.8 Å². The lowest BCUT2D eigenvalue weighted by atomic mass is 9.99. The zero-order valence-electron chi connectivity index (χ0n) is 13.5. The van der Waals surface area contributed by atoms with E-state index in [9.17, 15) is 13.2 Å². The Labute approximate surface area is 140 Å². The summed E-state index contributed by atoms with van der Waals surface area (Å²) in [4.78, 5) is 0. The van der Waals surface area contributed by atoms with Crippen molar-refractivity contribution in [2.75, 3.05) is 0 Å². The second-order valence-electron chi connectivity index (χ2n) is 5.54. The van der Waals surface area contributed by atoms with E-state index in [0.717, 1.165) is 5.56 Å². The highest BCUT2D eigenvalue weighted by Crippen LogP contribution is 2.25. The van der Waals surface area contributed by atoms with Crippen LogP contribution in [-0.2, 0) is 12.8 Å². The molecule has 2 rings (SSSR count). The van der Waals surface area contributed by atoms with E-state index in [4.69, 9.17) is 5.26 Å². The van der Waals surface area contributed by atoms with Crippen LogP contribution in [0.3, 0.4) is 0 Å². The molecule has 0 heterocycles. The highest BCUT2D eigenvalue weighted by Gasteiger charge is 2.10. The lowest BCUT2D eigenvalue weighted by molar-refractivity contribution is 0.559. The molecule has 0 saturated heterocycles. The van der Waals surface area contributed by atoms with E-state index < -0.39 is 17.5 Å². The minimum Gasteiger partial charge on any atom is -0.209 e. The predicted molar refractivity (Wildman–Crippen MR) is 89.0 cm³/mol. The predicted octanol–water partition coefficient (Wildman–Crippen LogP) is 5.89. The average Bonchev–Trinajstić information content (AvgIpc) is 2.60. The number of benzene rings is 2. The number of aryl methyl sites for hydroxylation is 1. The summed E-state index contributed by atoms with van der Waals surface area (Å²) in [5.41, 5.74) is 1.77. The number of hydrogen-bond acceptors (Lipinski definition) is 1. The van der Waals surface area contributed by atoms with Crippen LogP contribution in [-0.4, -0.2) is 0 Å². The zero-order chi connectivity index (χ0) is 17.5. The van der Waals surface area contributed by atoms with E-state index in [1.54, 1.807) is 25.1 Å². The van der Waals surface area contributed by atoms with Crippen LogP contribution in [0.4, 0.5) is 13.2 Å². The third-order valence-corrected chi connectivity index (χ3v) is 3.82. The molecule has 0 aromatic heterocycles. The second-order valence-corrected chi connectivity index (χ2v) is 5.54. The Morgan fingerprint density at radius 3 is 2.38 bits per heavy atom. The monoisotopic (exact) mass is 329 g/mol. The first-order chi connectivity index (χ1) is 11.6. The van der Waals surface area contributed by atoms with E-state index in [-0.39, 0.29) is 12.0 Å². The number of halogens is 3. The fourth-order valence-corrected chi connectivity index (χ4v) is 2.49. The Morgan fingerprint density at radius 1 is 1.04 bits per heavy atom. The molecule has 124 valence electrons. The molecule has 24 heavy (non-hydrogen) atoms. The Balaban J connectivity index is 2.11.